The van der Waals surface area contributed by atoms with Crippen molar-refractivity contribution in [2.24, 2.45) is 0 Å². The molecule has 3 heteroatoms. The summed E-state index contributed by atoms with van der Waals surface area (Å²) in [5.74, 6) is 0. The molecule has 0 spiro atoms. The molecule has 2 N–H and O–H groups in total. The summed E-state index contributed by atoms with van der Waals surface area (Å²) in [6, 6.07) is 10.0. The molecule has 0 saturated carbocycles. The molecule has 1 aliphatic rings. The lowest BCUT2D eigenvalue weighted by Gasteiger charge is -2.36. The maximum atomic E-state index is 10.2. The highest BCUT2D eigenvalue weighted by Crippen LogP contribution is 2.25. The van der Waals surface area contributed by atoms with E-state index in [4.69, 9.17) is 0 Å². The summed E-state index contributed by atoms with van der Waals surface area (Å²) in [5.41, 5.74) is 0.959. The Balaban J connectivity index is 1.96. The smallest absolute Gasteiger partial charge is 0.0805 e. The predicted molar refractivity (Wildman–Crippen MR) is 67.7 cm³/mol. The van der Waals surface area contributed by atoms with Gasteiger partial charge in [-0.3, -0.25) is 0 Å². The molecule has 3 unspecified atom stereocenters. The van der Waals surface area contributed by atoms with E-state index in [0.717, 1.165) is 24.9 Å². The molecule has 94 valence electrons. The quantitative estimate of drug-likeness (QED) is 0.835. The molecule has 0 aliphatic carbocycles. The monoisotopic (exact) mass is 235 g/mol. The Kier molecular flexibility index (Phi) is 4.15. The third-order valence-corrected chi connectivity index (χ3v) is 3.66. The number of benzene rings is 1. The van der Waals surface area contributed by atoms with E-state index < -0.39 is 6.10 Å². The van der Waals surface area contributed by atoms with Crippen LogP contribution in [0.2, 0.25) is 0 Å². The highest BCUT2D eigenvalue weighted by atomic mass is 16.3. The SMILES string of the molecule is CN1CCC(O)CC1CC(O)c1ccccc1. The van der Waals surface area contributed by atoms with Crippen LogP contribution < -0.4 is 0 Å². The minimum atomic E-state index is -0.436. The number of aliphatic hydroxyl groups is 2. The molecule has 0 bridgehead atoms. The van der Waals surface area contributed by atoms with Crippen molar-refractivity contribution in [2.75, 3.05) is 13.6 Å². The maximum absolute atomic E-state index is 10.2. The molecule has 17 heavy (non-hydrogen) atoms. The van der Waals surface area contributed by atoms with Crippen LogP contribution in [0.5, 0.6) is 0 Å². The number of piperidine rings is 1. The zero-order valence-corrected chi connectivity index (χ0v) is 10.3. The molecule has 1 aromatic carbocycles. The fraction of sp³-hybridized carbons (Fsp3) is 0.571. The summed E-state index contributed by atoms with van der Waals surface area (Å²) in [4.78, 5) is 2.24. The lowest BCUT2D eigenvalue weighted by molar-refractivity contribution is 0.0297. The van der Waals surface area contributed by atoms with Crippen molar-refractivity contribution in [3.63, 3.8) is 0 Å². The Morgan fingerprint density at radius 1 is 1.35 bits per heavy atom. The van der Waals surface area contributed by atoms with E-state index in [1.165, 1.54) is 0 Å². The molecule has 1 aromatic rings. The van der Waals surface area contributed by atoms with Crippen molar-refractivity contribution in [1.29, 1.82) is 0 Å². The van der Waals surface area contributed by atoms with Gasteiger partial charge in [0.05, 0.1) is 12.2 Å². The second-order valence-corrected chi connectivity index (χ2v) is 4.97. The van der Waals surface area contributed by atoms with Gasteiger partial charge in [0.2, 0.25) is 0 Å². The van der Waals surface area contributed by atoms with Gasteiger partial charge in [0.15, 0.2) is 0 Å². The largest absolute Gasteiger partial charge is 0.393 e. The second-order valence-electron chi connectivity index (χ2n) is 4.97. The van der Waals surface area contributed by atoms with Gasteiger partial charge in [-0.1, -0.05) is 30.3 Å². The minimum absolute atomic E-state index is 0.209. The van der Waals surface area contributed by atoms with Crippen molar-refractivity contribution in [3.8, 4) is 0 Å². The van der Waals surface area contributed by atoms with Crippen LogP contribution in [-0.2, 0) is 0 Å². The average Bonchev–Trinajstić information content (AvgIpc) is 2.35. The van der Waals surface area contributed by atoms with Crippen LogP contribution in [0.25, 0.3) is 0 Å². The molecule has 0 radical (unpaired) electrons. The molecule has 1 aliphatic heterocycles. The summed E-state index contributed by atoms with van der Waals surface area (Å²) in [6.07, 6.45) is 1.65. The predicted octanol–water partition coefficient (Wildman–Crippen LogP) is 1.57. The zero-order valence-electron chi connectivity index (χ0n) is 10.3. The molecule has 3 atom stereocenters. The van der Waals surface area contributed by atoms with Gasteiger partial charge in [0.1, 0.15) is 0 Å². The Morgan fingerprint density at radius 3 is 2.76 bits per heavy atom. The first-order valence-corrected chi connectivity index (χ1v) is 6.28. The Hall–Kier alpha value is -0.900. The van der Waals surface area contributed by atoms with E-state index >= 15 is 0 Å². The minimum Gasteiger partial charge on any atom is -0.393 e. The number of aliphatic hydroxyl groups excluding tert-OH is 2. The lowest BCUT2D eigenvalue weighted by Crippen LogP contribution is -2.42. The lowest BCUT2D eigenvalue weighted by atomic mass is 9.93. The Labute approximate surface area is 103 Å². The number of nitrogens with zero attached hydrogens (tertiary/aromatic N) is 1. The average molecular weight is 235 g/mol. The topological polar surface area (TPSA) is 43.7 Å². The van der Waals surface area contributed by atoms with Gasteiger partial charge < -0.3 is 15.1 Å². The maximum Gasteiger partial charge on any atom is 0.0805 e. The van der Waals surface area contributed by atoms with E-state index in [1.54, 1.807) is 0 Å². The van der Waals surface area contributed by atoms with Gasteiger partial charge in [-0.2, -0.15) is 0 Å². The normalized spacial score (nSPS) is 27.9. The molecule has 0 amide bonds. The first-order chi connectivity index (χ1) is 8.16. The summed E-state index contributed by atoms with van der Waals surface area (Å²) >= 11 is 0. The third kappa shape index (κ3) is 3.28. The first-order valence-electron chi connectivity index (χ1n) is 6.28. The summed E-state index contributed by atoms with van der Waals surface area (Å²) in [5, 5.41) is 19.8. The van der Waals surface area contributed by atoms with E-state index in [9.17, 15) is 10.2 Å². The number of likely N-dealkylation sites (tertiary alicyclic amines) is 1. The fourth-order valence-corrected chi connectivity index (χ4v) is 2.49. The Morgan fingerprint density at radius 2 is 2.06 bits per heavy atom. The first kappa shape index (κ1) is 12.6. The van der Waals surface area contributed by atoms with Crippen LogP contribution in [0, 0.1) is 0 Å². The van der Waals surface area contributed by atoms with Crippen LogP contribution in [0.15, 0.2) is 30.3 Å². The van der Waals surface area contributed by atoms with Crippen LogP contribution in [0.3, 0.4) is 0 Å². The van der Waals surface area contributed by atoms with Gasteiger partial charge >= 0.3 is 0 Å². The molecule has 2 rings (SSSR count). The van der Waals surface area contributed by atoms with Gasteiger partial charge in [-0.15, -0.1) is 0 Å². The van der Waals surface area contributed by atoms with Gasteiger partial charge in [-0.05, 0) is 31.9 Å². The summed E-state index contributed by atoms with van der Waals surface area (Å²) in [7, 11) is 2.06. The standard InChI is InChI=1S/C14H21NO2/c1-15-8-7-13(16)9-12(15)10-14(17)11-5-3-2-4-6-11/h2-6,12-14,16-17H,7-10H2,1H3. The van der Waals surface area contributed by atoms with Crippen molar-refractivity contribution in [3.05, 3.63) is 35.9 Å². The Bertz CT molecular complexity index is 341. The van der Waals surface area contributed by atoms with E-state index in [2.05, 4.69) is 11.9 Å². The van der Waals surface area contributed by atoms with Gasteiger partial charge in [0, 0.05) is 12.6 Å². The number of hydrogen-bond donors (Lipinski definition) is 2. The fourth-order valence-electron chi connectivity index (χ4n) is 2.49. The zero-order chi connectivity index (χ0) is 12.3. The van der Waals surface area contributed by atoms with E-state index in [1.807, 2.05) is 30.3 Å². The summed E-state index contributed by atoms with van der Waals surface area (Å²) in [6.45, 7) is 0.910. The van der Waals surface area contributed by atoms with Crippen molar-refractivity contribution in [2.45, 2.75) is 37.5 Å². The van der Waals surface area contributed by atoms with E-state index in [0.29, 0.717) is 6.42 Å². The van der Waals surface area contributed by atoms with Gasteiger partial charge in [-0.25, -0.2) is 0 Å². The van der Waals surface area contributed by atoms with E-state index in [-0.39, 0.29) is 12.1 Å². The number of hydrogen-bond acceptors (Lipinski definition) is 3. The number of rotatable bonds is 3. The molecular formula is C14H21NO2. The molecule has 1 saturated heterocycles. The van der Waals surface area contributed by atoms with Crippen LogP contribution in [0.4, 0.5) is 0 Å². The highest BCUT2D eigenvalue weighted by molar-refractivity contribution is 5.17. The van der Waals surface area contributed by atoms with Gasteiger partial charge in [0.25, 0.3) is 0 Å². The van der Waals surface area contributed by atoms with Crippen molar-refractivity contribution in [1.82, 2.24) is 4.90 Å². The molecule has 1 heterocycles. The molecular weight excluding hydrogens is 214 g/mol. The van der Waals surface area contributed by atoms with Crippen LogP contribution in [-0.4, -0.2) is 40.9 Å². The molecule has 3 nitrogen and oxygen atoms in total. The van der Waals surface area contributed by atoms with Crippen LogP contribution >= 0.6 is 0 Å². The third-order valence-electron chi connectivity index (χ3n) is 3.66. The van der Waals surface area contributed by atoms with Crippen molar-refractivity contribution >= 4 is 0 Å². The van der Waals surface area contributed by atoms with Crippen molar-refractivity contribution < 1.29 is 10.2 Å². The summed E-state index contributed by atoms with van der Waals surface area (Å²) < 4.78 is 0. The molecule has 0 aromatic heterocycles. The molecule has 1 fully saturated rings. The highest BCUT2D eigenvalue weighted by Gasteiger charge is 2.26. The second kappa shape index (κ2) is 5.63. The van der Waals surface area contributed by atoms with Crippen LogP contribution in [0.1, 0.15) is 30.9 Å².